The molecule has 0 aliphatic carbocycles. The van der Waals surface area contributed by atoms with Crippen LogP contribution in [0.3, 0.4) is 0 Å². The molecule has 0 saturated heterocycles. The molecule has 0 aromatic heterocycles. The number of halogens is 1. The van der Waals surface area contributed by atoms with Crippen LogP contribution in [0.1, 0.15) is 17.3 Å². The van der Waals surface area contributed by atoms with Gasteiger partial charge in [-0.15, -0.1) is 0 Å². The average Bonchev–Trinajstić information content (AvgIpc) is 2.26. The number of hydrogen-bond donors (Lipinski definition) is 1. The zero-order valence-electron chi connectivity index (χ0n) is 10.5. The highest BCUT2D eigenvalue weighted by Crippen LogP contribution is 2.09. The molecule has 0 saturated carbocycles. The first-order valence-corrected chi connectivity index (χ1v) is 6.05. The molecule has 1 aromatic rings. The third kappa shape index (κ3) is 5.20. The van der Waals surface area contributed by atoms with Gasteiger partial charge in [0.2, 0.25) is 0 Å². The first-order valence-electron chi connectivity index (χ1n) is 5.67. The predicted octanol–water partition coefficient (Wildman–Crippen LogP) is 2.27. The van der Waals surface area contributed by atoms with E-state index in [4.69, 9.17) is 11.6 Å². The average molecular weight is 255 g/mol. The molecule has 0 spiro atoms. The summed E-state index contributed by atoms with van der Waals surface area (Å²) in [6.45, 7) is 3.75. The van der Waals surface area contributed by atoms with Gasteiger partial charge in [0, 0.05) is 23.7 Å². The fraction of sp³-hybridized carbons (Fsp3) is 0.462. The fourth-order valence-electron chi connectivity index (χ4n) is 1.66. The van der Waals surface area contributed by atoms with Gasteiger partial charge in [-0.1, -0.05) is 18.5 Å². The molecule has 0 unspecified atom stereocenters. The van der Waals surface area contributed by atoms with E-state index < -0.39 is 0 Å². The monoisotopic (exact) mass is 254 g/mol. The maximum Gasteiger partial charge on any atom is 0.251 e. The minimum Gasteiger partial charge on any atom is -0.352 e. The Morgan fingerprint density at radius 2 is 1.94 bits per heavy atom. The van der Waals surface area contributed by atoms with Gasteiger partial charge in [0.15, 0.2) is 0 Å². The molecule has 0 radical (unpaired) electrons. The fourth-order valence-corrected chi connectivity index (χ4v) is 1.78. The Morgan fingerprint density at radius 3 is 2.47 bits per heavy atom. The smallest absolute Gasteiger partial charge is 0.251 e. The topological polar surface area (TPSA) is 32.3 Å². The Hall–Kier alpha value is -1.06. The van der Waals surface area contributed by atoms with Crippen LogP contribution in [0.4, 0.5) is 0 Å². The van der Waals surface area contributed by atoms with E-state index in [-0.39, 0.29) is 5.91 Å². The van der Waals surface area contributed by atoms with Gasteiger partial charge in [0.05, 0.1) is 0 Å². The molecule has 1 N–H and O–H groups in total. The molecule has 94 valence electrons. The van der Waals surface area contributed by atoms with Gasteiger partial charge in [-0.3, -0.25) is 4.79 Å². The molecule has 1 atom stereocenters. The molecule has 0 heterocycles. The SMILES string of the molecule is C[C@H](CNC(=O)c1ccc(Cl)cc1)CN(C)C. The van der Waals surface area contributed by atoms with Crippen molar-refractivity contribution in [1.29, 1.82) is 0 Å². The van der Waals surface area contributed by atoms with E-state index >= 15 is 0 Å². The van der Waals surface area contributed by atoms with Gasteiger partial charge in [-0.2, -0.15) is 0 Å². The second-order valence-electron chi connectivity index (χ2n) is 4.58. The largest absolute Gasteiger partial charge is 0.352 e. The van der Waals surface area contributed by atoms with Crippen molar-refractivity contribution < 1.29 is 4.79 Å². The van der Waals surface area contributed by atoms with Gasteiger partial charge in [-0.05, 0) is 44.3 Å². The Morgan fingerprint density at radius 1 is 1.35 bits per heavy atom. The van der Waals surface area contributed by atoms with Crippen LogP contribution in [-0.4, -0.2) is 38.0 Å². The first kappa shape index (κ1) is 14.0. The summed E-state index contributed by atoms with van der Waals surface area (Å²) < 4.78 is 0. The summed E-state index contributed by atoms with van der Waals surface area (Å²) in [6.07, 6.45) is 0. The Balaban J connectivity index is 2.42. The van der Waals surface area contributed by atoms with E-state index in [9.17, 15) is 4.79 Å². The van der Waals surface area contributed by atoms with Crippen LogP contribution in [0, 0.1) is 5.92 Å². The molecule has 1 aromatic carbocycles. The zero-order valence-corrected chi connectivity index (χ0v) is 11.3. The summed E-state index contributed by atoms with van der Waals surface area (Å²) in [5.41, 5.74) is 0.645. The second-order valence-corrected chi connectivity index (χ2v) is 5.02. The number of carbonyl (C=O) groups excluding carboxylic acids is 1. The summed E-state index contributed by atoms with van der Waals surface area (Å²) in [5, 5.41) is 3.56. The Labute approximate surface area is 108 Å². The molecular formula is C13H19ClN2O. The van der Waals surface area contributed by atoms with Crippen LogP contribution in [0.25, 0.3) is 0 Å². The van der Waals surface area contributed by atoms with Crippen molar-refractivity contribution in [3.8, 4) is 0 Å². The van der Waals surface area contributed by atoms with E-state index in [1.807, 2.05) is 14.1 Å². The normalized spacial score (nSPS) is 12.5. The second kappa shape index (κ2) is 6.62. The molecule has 0 aliphatic rings. The van der Waals surface area contributed by atoms with Crippen molar-refractivity contribution in [2.75, 3.05) is 27.2 Å². The van der Waals surface area contributed by atoms with Crippen molar-refractivity contribution in [2.45, 2.75) is 6.92 Å². The standard InChI is InChI=1S/C13H19ClN2O/c1-10(9-16(2)3)8-15-13(17)11-4-6-12(14)7-5-11/h4-7,10H,8-9H2,1-3H3,(H,15,17)/t10-/m1/s1. The summed E-state index contributed by atoms with van der Waals surface area (Å²) in [7, 11) is 4.05. The van der Waals surface area contributed by atoms with Crippen molar-refractivity contribution in [2.24, 2.45) is 5.92 Å². The van der Waals surface area contributed by atoms with Crippen LogP contribution in [0.15, 0.2) is 24.3 Å². The van der Waals surface area contributed by atoms with Crippen LogP contribution >= 0.6 is 11.6 Å². The number of benzene rings is 1. The summed E-state index contributed by atoms with van der Waals surface area (Å²) in [5.74, 6) is 0.383. The molecule has 17 heavy (non-hydrogen) atoms. The lowest BCUT2D eigenvalue weighted by Crippen LogP contribution is -2.32. The highest BCUT2D eigenvalue weighted by molar-refractivity contribution is 6.30. The summed E-state index contributed by atoms with van der Waals surface area (Å²) in [6, 6.07) is 6.90. The van der Waals surface area contributed by atoms with E-state index in [0.29, 0.717) is 23.0 Å². The van der Waals surface area contributed by atoms with Crippen LogP contribution in [0.2, 0.25) is 5.02 Å². The highest BCUT2D eigenvalue weighted by atomic mass is 35.5. The van der Waals surface area contributed by atoms with Crippen molar-refractivity contribution in [3.63, 3.8) is 0 Å². The van der Waals surface area contributed by atoms with Crippen molar-refractivity contribution in [1.82, 2.24) is 10.2 Å². The number of carbonyl (C=O) groups is 1. The molecule has 4 heteroatoms. The van der Waals surface area contributed by atoms with Crippen LogP contribution in [0.5, 0.6) is 0 Å². The molecule has 0 fully saturated rings. The third-order valence-electron chi connectivity index (χ3n) is 2.39. The molecular weight excluding hydrogens is 236 g/mol. The van der Waals surface area contributed by atoms with Crippen molar-refractivity contribution >= 4 is 17.5 Å². The quantitative estimate of drug-likeness (QED) is 0.874. The van der Waals surface area contributed by atoms with Gasteiger partial charge >= 0.3 is 0 Å². The van der Waals surface area contributed by atoms with Crippen LogP contribution < -0.4 is 5.32 Å². The maximum absolute atomic E-state index is 11.8. The lowest BCUT2D eigenvalue weighted by Gasteiger charge is -2.17. The van der Waals surface area contributed by atoms with E-state index in [1.54, 1.807) is 24.3 Å². The van der Waals surface area contributed by atoms with Crippen LogP contribution in [-0.2, 0) is 0 Å². The van der Waals surface area contributed by atoms with Crippen molar-refractivity contribution in [3.05, 3.63) is 34.9 Å². The predicted molar refractivity (Wildman–Crippen MR) is 71.5 cm³/mol. The minimum absolute atomic E-state index is 0.0488. The number of amides is 1. The number of rotatable bonds is 5. The van der Waals surface area contributed by atoms with Gasteiger partial charge < -0.3 is 10.2 Å². The van der Waals surface area contributed by atoms with Gasteiger partial charge in [0.25, 0.3) is 5.91 Å². The lowest BCUT2D eigenvalue weighted by atomic mass is 10.1. The van der Waals surface area contributed by atoms with Gasteiger partial charge in [0.1, 0.15) is 0 Å². The lowest BCUT2D eigenvalue weighted by molar-refractivity contribution is 0.0946. The maximum atomic E-state index is 11.8. The number of nitrogens with one attached hydrogen (secondary N) is 1. The Bertz CT molecular complexity index is 362. The molecule has 0 bridgehead atoms. The summed E-state index contributed by atoms with van der Waals surface area (Å²) >= 11 is 5.76. The van der Waals surface area contributed by atoms with E-state index in [2.05, 4.69) is 17.1 Å². The third-order valence-corrected chi connectivity index (χ3v) is 2.65. The zero-order chi connectivity index (χ0) is 12.8. The molecule has 3 nitrogen and oxygen atoms in total. The minimum atomic E-state index is -0.0488. The number of hydrogen-bond acceptors (Lipinski definition) is 2. The Kier molecular flexibility index (Phi) is 5.45. The molecule has 1 amide bonds. The number of nitrogens with zero attached hydrogens (tertiary/aromatic N) is 1. The highest BCUT2D eigenvalue weighted by Gasteiger charge is 2.08. The molecule has 0 aliphatic heterocycles. The van der Waals surface area contributed by atoms with E-state index in [1.165, 1.54) is 0 Å². The van der Waals surface area contributed by atoms with Gasteiger partial charge in [-0.25, -0.2) is 0 Å². The first-order chi connectivity index (χ1) is 7.99. The van der Waals surface area contributed by atoms with E-state index in [0.717, 1.165) is 6.54 Å². The molecule has 1 rings (SSSR count). The summed E-state index contributed by atoms with van der Waals surface area (Å²) in [4.78, 5) is 13.9.